The first-order valence-electron chi connectivity index (χ1n) is 10.0. The molecular formula is C24H26ClNO4. The molecule has 0 bridgehead atoms. The Labute approximate surface area is 181 Å². The highest BCUT2D eigenvalue weighted by Crippen LogP contribution is 2.39. The van der Waals surface area contributed by atoms with Crippen molar-refractivity contribution in [1.29, 1.82) is 0 Å². The average molecular weight is 428 g/mol. The lowest BCUT2D eigenvalue weighted by Gasteiger charge is -2.25. The van der Waals surface area contributed by atoms with Crippen LogP contribution in [0.2, 0.25) is 5.02 Å². The number of carbonyl (C=O) groups is 2. The van der Waals surface area contributed by atoms with E-state index in [0.29, 0.717) is 30.2 Å². The molecule has 5 nitrogen and oxygen atoms in total. The molecule has 0 radical (unpaired) electrons. The molecule has 3 rings (SSSR count). The van der Waals surface area contributed by atoms with Gasteiger partial charge in [0.1, 0.15) is 5.76 Å². The Morgan fingerprint density at radius 3 is 2.33 bits per heavy atom. The maximum atomic E-state index is 12.9. The number of hydrogen-bond acceptors (Lipinski definition) is 4. The maximum Gasteiger partial charge on any atom is 0.295 e. The fourth-order valence-corrected chi connectivity index (χ4v) is 3.65. The Kier molecular flexibility index (Phi) is 6.95. The van der Waals surface area contributed by atoms with E-state index in [2.05, 4.69) is 0 Å². The fraction of sp³-hybridized carbons (Fsp3) is 0.333. The van der Waals surface area contributed by atoms with Crippen LogP contribution in [0.4, 0.5) is 0 Å². The molecule has 0 unspecified atom stereocenters. The van der Waals surface area contributed by atoms with Gasteiger partial charge >= 0.3 is 0 Å². The van der Waals surface area contributed by atoms with Crippen LogP contribution in [-0.2, 0) is 14.3 Å². The summed E-state index contributed by atoms with van der Waals surface area (Å²) < 4.78 is 5.58. The van der Waals surface area contributed by atoms with Gasteiger partial charge in [0.15, 0.2) is 0 Å². The molecule has 1 heterocycles. The van der Waals surface area contributed by atoms with Crippen molar-refractivity contribution in [3.63, 3.8) is 0 Å². The largest absolute Gasteiger partial charge is 0.507 e. The van der Waals surface area contributed by atoms with Crippen LogP contribution in [0.5, 0.6) is 0 Å². The van der Waals surface area contributed by atoms with E-state index >= 15 is 0 Å². The highest BCUT2D eigenvalue weighted by Gasteiger charge is 2.45. The van der Waals surface area contributed by atoms with Gasteiger partial charge in [0, 0.05) is 23.7 Å². The number of likely N-dealkylation sites (tertiary alicyclic amines) is 1. The zero-order chi connectivity index (χ0) is 21.8. The van der Waals surface area contributed by atoms with Crippen LogP contribution in [0.15, 0.2) is 54.1 Å². The van der Waals surface area contributed by atoms with Gasteiger partial charge in [-0.3, -0.25) is 9.59 Å². The number of ether oxygens (including phenoxy) is 1. The zero-order valence-electron chi connectivity index (χ0n) is 17.4. The molecule has 0 saturated carbocycles. The van der Waals surface area contributed by atoms with Crippen molar-refractivity contribution in [2.75, 3.05) is 13.2 Å². The number of benzene rings is 2. The SMILES string of the molecule is Cc1ccc([C@H]2C(=C(O)c3ccc(Cl)cc3)C(=O)C(=O)N2CCCOC(C)C)cc1. The molecule has 2 aromatic rings. The molecule has 1 amide bonds. The number of halogens is 1. The van der Waals surface area contributed by atoms with Crippen molar-refractivity contribution in [2.45, 2.75) is 39.3 Å². The maximum absolute atomic E-state index is 12.9. The average Bonchev–Trinajstić information content (AvgIpc) is 2.96. The second-order valence-corrected chi connectivity index (χ2v) is 8.12. The van der Waals surface area contributed by atoms with Gasteiger partial charge in [0.2, 0.25) is 0 Å². The van der Waals surface area contributed by atoms with Crippen LogP contribution < -0.4 is 0 Å². The van der Waals surface area contributed by atoms with Crippen LogP contribution >= 0.6 is 11.6 Å². The van der Waals surface area contributed by atoms with E-state index in [9.17, 15) is 14.7 Å². The van der Waals surface area contributed by atoms with Gasteiger partial charge in [0.25, 0.3) is 11.7 Å². The summed E-state index contributed by atoms with van der Waals surface area (Å²) >= 11 is 5.94. The predicted molar refractivity (Wildman–Crippen MR) is 117 cm³/mol. The van der Waals surface area contributed by atoms with Crippen LogP contribution in [0.1, 0.15) is 43.0 Å². The molecule has 30 heavy (non-hydrogen) atoms. The Balaban J connectivity index is 2.01. The fourth-order valence-electron chi connectivity index (χ4n) is 3.52. The third kappa shape index (κ3) is 4.74. The normalized spacial score (nSPS) is 18.4. The van der Waals surface area contributed by atoms with E-state index in [4.69, 9.17) is 16.3 Å². The van der Waals surface area contributed by atoms with Gasteiger partial charge < -0.3 is 14.7 Å². The number of amides is 1. The minimum Gasteiger partial charge on any atom is -0.507 e. The van der Waals surface area contributed by atoms with Crippen molar-refractivity contribution in [2.24, 2.45) is 0 Å². The monoisotopic (exact) mass is 427 g/mol. The molecule has 1 N–H and O–H groups in total. The number of carbonyl (C=O) groups excluding carboxylic acids is 2. The smallest absolute Gasteiger partial charge is 0.295 e. The summed E-state index contributed by atoms with van der Waals surface area (Å²) in [6.07, 6.45) is 0.687. The third-order valence-corrected chi connectivity index (χ3v) is 5.30. The highest BCUT2D eigenvalue weighted by atomic mass is 35.5. The third-order valence-electron chi connectivity index (χ3n) is 5.05. The first-order chi connectivity index (χ1) is 14.3. The minimum atomic E-state index is -0.683. The van der Waals surface area contributed by atoms with E-state index in [1.54, 1.807) is 24.3 Å². The predicted octanol–water partition coefficient (Wildman–Crippen LogP) is 4.89. The molecule has 1 fully saturated rings. The molecule has 1 aliphatic heterocycles. The number of hydrogen-bond donors (Lipinski definition) is 1. The Morgan fingerprint density at radius 1 is 1.10 bits per heavy atom. The van der Waals surface area contributed by atoms with Crippen molar-refractivity contribution in [3.05, 3.63) is 75.8 Å². The van der Waals surface area contributed by atoms with Gasteiger partial charge in [-0.05, 0) is 57.0 Å². The van der Waals surface area contributed by atoms with Gasteiger partial charge in [0.05, 0.1) is 17.7 Å². The van der Waals surface area contributed by atoms with Gasteiger partial charge in [-0.2, -0.15) is 0 Å². The molecule has 1 aliphatic rings. The van der Waals surface area contributed by atoms with Crippen molar-refractivity contribution in [1.82, 2.24) is 4.90 Å². The first kappa shape index (κ1) is 22.1. The topological polar surface area (TPSA) is 66.8 Å². The van der Waals surface area contributed by atoms with Crippen molar-refractivity contribution in [3.8, 4) is 0 Å². The quantitative estimate of drug-likeness (QED) is 0.296. The lowest BCUT2D eigenvalue weighted by Crippen LogP contribution is -2.31. The standard InChI is InChI=1S/C24H26ClNO4/c1-15(2)30-14-4-13-26-21(17-7-5-16(3)6-8-17)20(23(28)24(26)29)22(27)18-9-11-19(25)12-10-18/h5-12,15,21,27H,4,13-14H2,1-3H3/t21-/m0/s1. The molecule has 2 aromatic carbocycles. The summed E-state index contributed by atoms with van der Waals surface area (Å²) in [6, 6.07) is 13.5. The van der Waals surface area contributed by atoms with E-state index < -0.39 is 17.7 Å². The molecule has 1 saturated heterocycles. The summed E-state index contributed by atoms with van der Waals surface area (Å²) in [5, 5.41) is 11.5. The van der Waals surface area contributed by atoms with Crippen molar-refractivity contribution < 1.29 is 19.4 Å². The second kappa shape index (κ2) is 9.45. The minimum absolute atomic E-state index is 0.0935. The zero-order valence-corrected chi connectivity index (χ0v) is 18.1. The Morgan fingerprint density at radius 2 is 1.73 bits per heavy atom. The highest BCUT2D eigenvalue weighted by molar-refractivity contribution is 6.46. The first-order valence-corrected chi connectivity index (χ1v) is 10.4. The summed E-state index contributed by atoms with van der Waals surface area (Å²) in [7, 11) is 0. The van der Waals surface area contributed by atoms with Crippen LogP contribution in [0, 0.1) is 6.92 Å². The molecule has 0 aromatic heterocycles. The number of rotatable bonds is 7. The van der Waals surface area contributed by atoms with Gasteiger partial charge in [-0.15, -0.1) is 0 Å². The number of ketones is 1. The number of nitrogens with zero attached hydrogens (tertiary/aromatic N) is 1. The van der Waals surface area contributed by atoms with E-state index in [-0.39, 0.29) is 17.4 Å². The summed E-state index contributed by atoms with van der Waals surface area (Å²) in [5.74, 6) is -1.49. The van der Waals surface area contributed by atoms with Gasteiger partial charge in [-0.1, -0.05) is 41.4 Å². The molecule has 0 spiro atoms. The lowest BCUT2D eigenvalue weighted by atomic mass is 9.94. The number of aliphatic hydroxyl groups excluding tert-OH is 1. The summed E-state index contributed by atoms with van der Waals surface area (Å²) in [4.78, 5) is 27.3. The lowest BCUT2D eigenvalue weighted by molar-refractivity contribution is -0.140. The summed E-state index contributed by atoms with van der Waals surface area (Å²) in [6.45, 7) is 6.71. The molecular weight excluding hydrogens is 402 g/mol. The van der Waals surface area contributed by atoms with Crippen LogP contribution in [-0.4, -0.2) is 41.0 Å². The Hall–Kier alpha value is -2.63. The van der Waals surface area contributed by atoms with E-state index in [0.717, 1.165) is 11.1 Å². The van der Waals surface area contributed by atoms with Crippen molar-refractivity contribution >= 4 is 29.1 Å². The van der Waals surface area contributed by atoms with Crippen LogP contribution in [0.25, 0.3) is 5.76 Å². The number of aliphatic hydroxyl groups is 1. The van der Waals surface area contributed by atoms with Crippen LogP contribution in [0.3, 0.4) is 0 Å². The molecule has 158 valence electrons. The number of Topliss-reactive ketones (excluding diaryl/α,β-unsaturated/α-hetero) is 1. The molecule has 0 aliphatic carbocycles. The molecule has 1 atom stereocenters. The van der Waals surface area contributed by atoms with E-state index in [1.165, 1.54) is 4.90 Å². The number of aryl methyl sites for hydroxylation is 1. The van der Waals surface area contributed by atoms with E-state index in [1.807, 2.05) is 45.0 Å². The molecule has 6 heteroatoms. The second-order valence-electron chi connectivity index (χ2n) is 7.68. The Bertz CT molecular complexity index is 948. The van der Waals surface area contributed by atoms with Gasteiger partial charge in [-0.25, -0.2) is 0 Å². The summed E-state index contributed by atoms with van der Waals surface area (Å²) in [5.41, 5.74) is 2.38.